The van der Waals surface area contributed by atoms with Crippen molar-refractivity contribution in [1.29, 1.82) is 0 Å². The van der Waals surface area contributed by atoms with Gasteiger partial charge in [0.25, 0.3) is 0 Å². The molecule has 0 atom stereocenters. The van der Waals surface area contributed by atoms with Crippen molar-refractivity contribution in [3.05, 3.63) is 60.9 Å². The number of benzene rings is 2. The first-order valence-corrected chi connectivity index (χ1v) is 6.68. The summed E-state index contributed by atoms with van der Waals surface area (Å²) in [6.07, 6.45) is 5.29. The van der Waals surface area contributed by atoms with Crippen molar-refractivity contribution in [2.24, 2.45) is 7.05 Å². The van der Waals surface area contributed by atoms with Crippen LogP contribution in [0.15, 0.2) is 55.1 Å². The number of halogens is 1. The number of hydrogen-bond acceptors (Lipinski definition) is 2. The molecule has 3 nitrogen and oxygen atoms in total. The number of aromatic nitrogens is 3. The normalized spacial score (nSPS) is 11.3. The maximum absolute atomic E-state index is 14.2. The van der Waals surface area contributed by atoms with Crippen LogP contribution in [0, 0.1) is 5.82 Å². The lowest BCUT2D eigenvalue weighted by molar-refractivity contribution is 0.631. The lowest BCUT2D eigenvalue weighted by Crippen LogP contribution is -1.93. The molecule has 0 saturated carbocycles. The minimum atomic E-state index is -0.228. The van der Waals surface area contributed by atoms with E-state index in [0.717, 1.165) is 27.4 Å². The highest BCUT2D eigenvalue weighted by Gasteiger charge is 2.14. The summed E-state index contributed by atoms with van der Waals surface area (Å²) in [7, 11) is 1.96. The van der Waals surface area contributed by atoms with E-state index in [1.54, 1.807) is 18.3 Å². The fraction of sp³-hybridized carbons (Fsp3) is 0.0588. The average molecular weight is 277 g/mol. The van der Waals surface area contributed by atoms with Crippen molar-refractivity contribution in [1.82, 2.24) is 14.5 Å². The van der Waals surface area contributed by atoms with Crippen LogP contribution in [0.2, 0.25) is 0 Å². The highest BCUT2D eigenvalue weighted by molar-refractivity contribution is 6.11. The predicted molar refractivity (Wildman–Crippen MR) is 81.4 cm³/mol. The fourth-order valence-electron chi connectivity index (χ4n) is 2.83. The molecule has 0 spiro atoms. The van der Waals surface area contributed by atoms with Gasteiger partial charge in [0.05, 0.1) is 11.0 Å². The topological polar surface area (TPSA) is 30.7 Å². The standard InChI is InChI=1S/C17H12FN3/c1-21-7-6-12-14-9-19-10-20-16(14)8-13(17(12)21)11-4-2-3-5-15(11)18/h2-10H,1H3. The zero-order chi connectivity index (χ0) is 14.4. The zero-order valence-electron chi connectivity index (χ0n) is 11.4. The molecule has 0 radical (unpaired) electrons. The summed E-state index contributed by atoms with van der Waals surface area (Å²) in [4.78, 5) is 8.41. The van der Waals surface area contributed by atoms with Crippen LogP contribution in [0.3, 0.4) is 0 Å². The number of hydrogen-bond donors (Lipinski definition) is 0. The van der Waals surface area contributed by atoms with Gasteiger partial charge in [0.15, 0.2) is 0 Å². The van der Waals surface area contributed by atoms with Gasteiger partial charge in [-0.2, -0.15) is 0 Å². The lowest BCUT2D eigenvalue weighted by Gasteiger charge is -2.10. The van der Waals surface area contributed by atoms with Gasteiger partial charge < -0.3 is 4.57 Å². The van der Waals surface area contributed by atoms with E-state index in [4.69, 9.17) is 0 Å². The molecule has 0 N–H and O–H groups in total. The average Bonchev–Trinajstić information content (AvgIpc) is 2.90. The van der Waals surface area contributed by atoms with Gasteiger partial charge in [0, 0.05) is 41.3 Å². The van der Waals surface area contributed by atoms with Gasteiger partial charge >= 0.3 is 0 Å². The number of fused-ring (bicyclic) bond motifs is 3. The quantitative estimate of drug-likeness (QED) is 0.528. The van der Waals surface area contributed by atoms with Crippen molar-refractivity contribution < 1.29 is 4.39 Å². The summed E-state index contributed by atoms with van der Waals surface area (Å²) < 4.78 is 16.2. The third-order valence-electron chi connectivity index (χ3n) is 3.81. The van der Waals surface area contributed by atoms with E-state index in [1.807, 2.05) is 36.0 Å². The zero-order valence-corrected chi connectivity index (χ0v) is 11.4. The summed E-state index contributed by atoms with van der Waals surface area (Å²) >= 11 is 0. The van der Waals surface area contributed by atoms with Crippen molar-refractivity contribution in [2.45, 2.75) is 0 Å². The van der Waals surface area contributed by atoms with Crippen LogP contribution in [0.5, 0.6) is 0 Å². The van der Waals surface area contributed by atoms with Gasteiger partial charge in [-0.05, 0) is 18.2 Å². The van der Waals surface area contributed by atoms with Crippen LogP contribution in [0.1, 0.15) is 0 Å². The molecule has 4 heteroatoms. The molecule has 0 amide bonds. The van der Waals surface area contributed by atoms with Crippen LogP contribution < -0.4 is 0 Å². The van der Waals surface area contributed by atoms with Crippen LogP contribution in [-0.4, -0.2) is 14.5 Å². The molecule has 21 heavy (non-hydrogen) atoms. The summed E-state index contributed by atoms with van der Waals surface area (Å²) in [6, 6.07) is 10.8. The molecule has 2 aromatic heterocycles. The Morgan fingerprint density at radius 3 is 2.76 bits per heavy atom. The third kappa shape index (κ3) is 1.72. The molecule has 102 valence electrons. The van der Waals surface area contributed by atoms with E-state index in [-0.39, 0.29) is 5.82 Å². The lowest BCUT2D eigenvalue weighted by atomic mass is 10.00. The van der Waals surface area contributed by atoms with Gasteiger partial charge in [0.1, 0.15) is 12.1 Å². The molecule has 0 unspecified atom stereocenters. The minimum absolute atomic E-state index is 0.228. The number of aryl methyl sites for hydroxylation is 1. The van der Waals surface area contributed by atoms with Crippen molar-refractivity contribution >= 4 is 21.8 Å². The largest absolute Gasteiger partial charge is 0.350 e. The first kappa shape index (κ1) is 12.0. The second-order valence-electron chi connectivity index (χ2n) is 5.05. The monoisotopic (exact) mass is 277 g/mol. The first-order valence-electron chi connectivity index (χ1n) is 6.68. The van der Waals surface area contributed by atoms with Gasteiger partial charge in [0.2, 0.25) is 0 Å². The summed E-state index contributed by atoms with van der Waals surface area (Å²) in [5.41, 5.74) is 3.25. The van der Waals surface area contributed by atoms with E-state index < -0.39 is 0 Å². The molecule has 0 fully saturated rings. The molecule has 4 aromatic rings. The Labute approximate surface area is 120 Å². The Kier molecular flexibility index (Phi) is 2.51. The third-order valence-corrected chi connectivity index (χ3v) is 3.81. The maximum atomic E-state index is 14.2. The summed E-state index contributed by atoms with van der Waals surface area (Å²) in [6.45, 7) is 0. The van der Waals surface area contributed by atoms with E-state index in [9.17, 15) is 4.39 Å². The molecule has 0 bridgehead atoms. The smallest absolute Gasteiger partial charge is 0.131 e. The first-order chi connectivity index (χ1) is 10.3. The Balaban J connectivity index is 2.21. The van der Waals surface area contributed by atoms with Crippen LogP contribution in [0.4, 0.5) is 4.39 Å². The second-order valence-corrected chi connectivity index (χ2v) is 5.05. The van der Waals surface area contributed by atoms with Crippen LogP contribution >= 0.6 is 0 Å². The number of rotatable bonds is 1. The molecule has 0 aliphatic carbocycles. The highest BCUT2D eigenvalue weighted by Crippen LogP contribution is 2.35. The van der Waals surface area contributed by atoms with Crippen molar-refractivity contribution in [2.75, 3.05) is 0 Å². The van der Waals surface area contributed by atoms with Crippen LogP contribution in [0.25, 0.3) is 32.9 Å². The molecular formula is C17H12FN3. The van der Waals surface area contributed by atoms with E-state index in [1.165, 1.54) is 12.4 Å². The summed E-state index contributed by atoms with van der Waals surface area (Å²) in [5, 5.41) is 2.02. The van der Waals surface area contributed by atoms with Crippen LogP contribution in [-0.2, 0) is 7.05 Å². The van der Waals surface area contributed by atoms with Gasteiger partial charge in [-0.15, -0.1) is 0 Å². The predicted octanol–water partition coefficient (Wildman–Crippen LogP) is 3.93. The molecule has 0 aliphatic rings. The second kappa shape index (κ2) is 4.38. The SMILES string of the molecule is Cn1ccc2c3cncnc3cc(-c3ccccc3F)c21. The van der Waals surface area contributed by atoms with Gasteiger partial charge in [-0.1, -0.05) is 18.2 Å². The Morgan fingerprint density at radius 2 is 1.90 bits per heavy atom. The number of nitrogens with zero attached hydrogens (tertiary/aromatic N) is 3. The minimum Gasteiger partial charge on any atom is -0.350 e. The van der Waals surface area contributed by atoms with Crippen molar-refractivity contribution in [3.63, 3.8) is 0 Å². The van der Waals surface area contributed by atoms with Gasteiger partial charge in [-0.3, -0.25) is 0 Å². The van der Waals surface area contributed by atoms with E-state index in [0.29, 0.717) is 5.56 Å². The Bertz CT molecular complexity index is 972. The molecule has 0 saturated heterocycles. The maximum Gasteiger partial charge on any atom is 0.131 e. The molecule has 2 heterocycles. The molecule has 2 aromatic carbocycles. The molecular weight excluding hydrogens is 265 g/mol. The van der Waals surface area contributed by atoms with Crippen molar-refractivity contribution in [3.8, 4) is 11.1 Å². The fourth-order valence-corrected chi connectivity index (χ4v) is 2.83. The van der Waals surface area contributed by atoms with E-state index in [2.05, 4.69) is 9.97 Å². The molecule has 0 aliphatic heterocycles. The Hall–Kier alpha value is -2.75. The Morgan fingerprint density at radius 1 is 1.05 bits per heavy atom. The summed E-state index contributed by atoms with van der Waals surface area (Å²) in [5.74, 6) is -0.228. The van der Waals surface area contributed by atoms with E-state index >= 15 is 0 Å². The van der Waals surface area contributed by atoms with Gasteiger partial charge in [-0.25, -0.2) is 14.4 Å². The highest BCUT2D eigenvalue weighted by atomic mass is 19.1. The molecule has 4 rings (SSSR count).